The Morgan fingerprint density at radius 3 is 2.43 bits per heavy atom. The third-order valence-electron chi connectivity index (χ3n) is 3.30. The summed E-state index contributed by atoms with van der Waals surface area (Å²) in [5.41, 5.74) is 0.684. The van der Waals surface area contributed by atoms with E-state index in [1.807, 2.05) is 30.3 Å². The molecule has 0 aliphatic rings. The van der Waals surface area contributed by atoms with Crippen LogP contribution in [0.2, 0.25) is 0 Å². The van der Waals surface area contributed by atoms with Crippen LogP contribution >= 0.6 is 0 Å². The lowest BCUT2D eigenvalue weighted by Gasteiger charge is -2.10. The highest BCUT2D eigenvalue weighted by Crippen LogP contribution is 2.33. The number of hydrogen-bond donors (Lipinski definition) is 3. The maximum atomic E-state index is 12.4. The van der Waals surface area contributed by atoms with Gasteiger partial charge in [0.2, 0.25) is 0 Å². The van der Waals surface area contributed by atoms with Gasteiger partial charge in [-0.3, -0.25) is 4.79 Å². The minimum atomic E-state index is -0.342. The monoisotopic (exact) mass is 279 g/mol. The largest absolute Gasteiger partial charge is 0.504 e. The number of para-hydroxylation sites is 1. The minimum Gasteiger partial charge on any atom is -0.504 e. The van der Waals surface area contributed by atoms with Crippen LogP contribution in [-0.4, -0.2) is 16.1 Å². The Kier molecular flexibility index (Phi) is 3.20. The first-order chi connectivity index (χ1) is 10.2. The first-order valence-corrected chi connectivity index (χ1v) is 6.47. The number of phenols is 2. The van der Waals surface area contributed by atoms with E-state index in [1.165, 1.54) is 12.1 Å². The topological polar surface area (TPSA) is 69.6 Å². The van der Waals surface area contributed by atoms with Crippen molar-refractivity contribution < 1.29 is 15.0 Å². The van der Waals surface area contributed by atoms with Crippen molar-refractivity contribution in [1.29, 1.82) is 0 Å². The van der Waals surface area contributed by atoms with Gasteiger partial charge in [0.25, 0.3) is 5.91 Å². The summed E-state index contributed by atoms with van der Waals surface area (Å²) in [5.74, 6) is -0.954. The number of benzene rings is 3. The number of carbonyl (C=O) groups is 1. The highest BCUT2D eigenvalue weighted by Gasteiger charge is 2.13. The van der Waals surface area contributed by atoms with E-state index in [2.05, 4.69) is 5.32 Å². The second kappa shape index (κ2) is 5.17. The third-order valence-corrected chi connectivity index (χ3v) is 3.30. The zero-order valence-corrected chi connectivity index (χ0v) is 11.1. The normalized spacial score (nSPS) is 10.5. The fourth-order valence-electron chi connectivity index (χ4n) is 2.25. The highest BCUT2D eigenvalue weighted by atomic mass is 16.3. The van der Waals surface area contributed by atoms with E-state index in [1.54, 1.807) is 18.2 Å². The predicted molar refractivity (Wildman–Crippen MR) is 81.7 cm³/mol. The maximum absolute atomic E-state index is 12.4. The Morgan fingerprint density at radius 2 is 1.57 bits per heavy atom. The summed E-state index contributed by atoms with van der Waals surface area (Å²) in [6.07, 6.45) is 0. The van der Waals surface area contributed by atoms with Crippen molar-refractivity contribution in [2.75, 3.05) is 5.32 Å². The van der Waals surface area contributed by atoms with E-state index in [0.29, 0.717) is 5.56 Å². The highest BCUT2D eigenvalue weighted by molar-refractivity contribution is 6.13. The molecule has 0 heterocycles. The first kappa shape index (κ1) is 13.0. The molecule has 3 aromatic carbocycles. The predicted octanol–water partition coefficient (Wildman–Crippen LogP) is 3.50. The molecule has 0 unspecified atom stereocenters. The molecule has 0 aliphatic carbocycles. The number of nitrogens with one attached hydrogen (secondary N) is 1. The van der Waals surface area contributed by atoms with Gasteiger partial charge in [-0.2, -0.15) is 0 Å². The van der Waals surface area contributed by atoms with Gasteiger partial charge in [-0.15, -0.1) is 0 Å². The molecular formula is C17H13NO3. The average Bonchev–Trinajstić information content (AvgIpc) is 2.51. The molecule has 0 bridgehead atoms. The van der Waals surface area contributed by atoms with Crippen molar-refractivity contribution in [2.24, 2.45) is 0 Å². The molecular weight excluding hydrogens is 266 g/mol. The molecule has 0 spiro atoms. The Labute approximate surface area is 121 Å². The van der Waals surface area contributed by atoms with Crippen molar-refractivity contribution in [2.45, 2.75) is 0 Å². The SMILES string of the molecule is O=C(Nc1cccc(O)c1O)c1cccc2ccccc12. The minimum absolute atomic E-state index is 0.174. The number of anilines is 1. The van der Waals surface area contributed by atoms with Gasteiger partial charge >= 0.3 is 0 Å². The van der Waals surface area contributed by atoms with Crippen LogP contribution in [0.4, 0.5) is 5.69 Å². The summed E-state index contributed by atoms with van der Waals surface area (Å²) in [5, 5.41) is 23.6. The number of phenolic OH excluding ortho intramolecular Hbond substituents is 2. The van der Waals surface area contributed by atoms with E-state index in [9.17, 15) is 15.0 Å². The molecule has 0 fully saturated rings. The van der Waals surface area contributed by atoms with Gasteiger partial charge in [0.1, 0.15) is 0 Å². The van der Waals surface area contributed by atoms with E-state index in [4.69, 9.17) is 0 Å². The molecule has 0 saturated heterocycles. The smallest absolute Gasteiger partial charge is 0.256 e. The van der Waals surface area contributed by atoms with Crippen LogP contribution in [0.3, 0.4) is 0 Å². The molecule has 0 aromatic heterocycles. The summed E-state index contributed by atoms with van der Waals surface area (Å²) in [7, 11) is 0. The van der Waals surface area contributed by atoms with Crippen molar-refractivity contribution >= 4 is 22.4 Å². The van der Waals surface area contributed by atoms with Crippen LogP contribution < -0.4 is 5.32 Å². The third kappa shape index (κ3) is 2.39. The van der Waals surface area contributed by atoms with Crippen molar-refractivity contribution in [3.8, 4) is 11.5 Å². The second-order valence-corrected chi connectivity index (χ2v) is 4.65. The number of aromatic hydroxyl groups is 2. The lowest BCUT2D eigenvalue weighted by atomic mass is 10.0. The molecule has 104 valence electrons. The van der Waals surface area contributed by atoms with Crippen LogP contribution in [0.1, 0.15) is 10.4 Å². The fourth-order valence-corrected chi connectivity index (χ4v) is 2.25. The quantitative estimate of drug-likeness (QED) is 0.629. The number of fused-ring (bicyclic) bond motifs is 1. The summed E-state index contributed by atoms with van der Waals surface area (Å²) in [6, 6.07) is 17.4. The first-order valence-electron chi connectivity index (χ1n) is 6.47. The zero-order chi connectivity index (χ0) is 14.8. The molecule has 0 atom stereocenters. The average molecular weight is 279 g/mol. The van der Waals surface area contributed by atoms with Crippen LogP contribution in [0, 0.1) is 0 Å². The van der Waals surface area contributed by atoms with E-state index in [0.717, 1.165) is 10.8 Å². The van der Waals surface area contributed by atoms with Crippen molar-refractivity contribution in [3.63, 3.8) is 0 Å². The van der Waals surface area contributed by atoms with Gasteiger partial charge in [-0.1, -0.05) is 42.5 Å². The molecule has 1 amide bonds. The molecule has 0 saturated carbocycles. The molecule has 3 rings (SSSR count). The van der Waals surface area contributed by atoms with Crippen molar-refractivity contribution in [3.05, 3.63) is 66.2 Å². The van der Waals surface area contributed by atoms with Crippen LogP contribution in [-0.2, 0) is 0 Å². The number of hydrogen-bond acceptors (Lipinski definition) is 3. The fraction of sp³-hybridized carbons (Fsp3) is 0. The van der Waals surface area contributed by atoms with E-state index >= 15 is 0 Å². The Bertz CT molecular complexity index is 822. The van der Waals surface area contributed by atoms with Crippen LogP contribution in [0.25, 0.3) is 10.8 Å². The maximum Gasteiger partial charge on any atom is 0.256 e. The summed E-state index contributed by atoms with van der Waals surface area (Å²) in [6.45, 7) is 0. The standard InChI is InChI=1S/C17H13NO3/c19-15-10-4-9-14(16(15)20)18-17(21)13-8-3-6-11-5-1-2-7-12(11)13/h1-10,19-20H,(H,18,21). The second-order valence-electron chi connectivity index (χ2n) is 4.65. The lowest BCUT2D eigenvalue weighted by Crippen LogP contribution is -2.12. The van der Waals surface area contributed by atoms with Gasteiger partial charge in [-0.05, 0) is 29.0 Å². The van der Waals surface area contributed by atoms with Gasteiger partial charge in [-0.25, -0.2) is 0 Å². The summed E-state index contributed by atoms with van der Waals surface area (Å²) >= 11 is 0. The van der Waals surface area contributed by atoms with Crippen LogP contribution in [0.5, 0.6) is 11.5 Å². The van der Waals surface area contributed by atoms with Crippen molar-refractivity contribution in [1.82, 2.24) is 0 Å². The number of rotatable bonds is 2. The van der Waals surface area contributed by atoms with Gasteiger partial charge < -0.3 is 15.5 Å². The Morgan fingerprint density at radius 1 is 0.857 bits per heavy atom. The van der Waals surface area contributed by atoms with Crippen LogP contribution in [0.15, 0.2) is 60.7 Å². The van der Waals surface area contributed by atoms with E-state index < -0.39 is 0 Å². The molecule has 21 heavy (non-hydrogen) atoms. The van der Waals surface area contributed by atoms with E-state index in [-0.39, 0.29) is 23.1 Å². The summed E-state index contributed by atoms with van der Waals surface area (Å²) in [4.78, 5) is 12.4. The molecule has 0 radical (unpaired) electrons. The summed E-state index contributed by atoms with van der Waals surface area (Å²) < 4.78 is 0. The lowest BCUT2D eigenvalue weighted by molar-refractivity contribution is 0.102. The number of amides is 1. The molecule has 4 nitrogen and oxygen atoms in total. The van der Waals surface area contributed by atoms with Gasteiger partial charge in [0.15, 0.2) is 11.5 Å². The van der Waals surface area contributed by atoms with Gasteiger partial charge in [0, 0.05) is 5.56 Å². The Balaban J connectivity index is 2.00. The molecule has 4 heteroatoms. The molecule has 3 N–H and O–H groups in total. The molecule has 0 aliphatic heterocycles. The number of carbonyl (C=O) groups excluding carboxylic acids is 1. The Hall–Kier alpha value is -3.01. The van der Waals surface area contributed by atoms with Gasteiger partial charge in [0.05, 0.1) is 5.69 Å². The zero-order valence-electron chi connectivity index (χ0n) is 11.1. The molecule has 3 aromatic rings.